The number of anilines is 1. The van der Waals surface area contributed by atoms with Crippen LogP contribution in [-0.2, 0) is 11.7 Å². The van der Waals surface area contributed by atoms with Crippen LogP contribution in [-0.4, -0.2) is 42.2 Å². The smallest absolute Gasteiger partial charge is 0.418 e. The van der Waals surface area contributed by atoms with Crippen molar-refractivity contribution < 1.29 is 22.4 Å². The molecule has 9 nitrogen and oxygen atoms in total. The minimum absolute atomic E-state index is 0.00680. The normalized spacial score (nSPS) is 24.8. The summed E-state index contributed by atoms with van der Waals surface area (Å²) in [5.74, 6) is 1.17. The number of piperidine rings is 1. The number of hydrogen-bond donors (Lipinski definition) is 1. The Balaban J connectivity index is 1.46. The van der Waals surface area contributed by atoms with Gasteiger partial charge in [-0.05, 0) is 37.0 Å². The molecule has 2 aromatic heterocycles. The van der Waals surface area contributed by atoms with Crippen LogP contribution in [0.2, 0.25) is 0 Å². The number of nitrogens with zero attached hydrogens (tertiary/aromatic N) is 6. The number of hydrogen-bond acceptors (Lipinski definition) is 6. The number of fused-ring (bicyclic) bond motifs is 2. The second-order valence-corrected chi connectivity index (χ2v) is 8.41. The molecular weight excluding hydrogens is 427 g/mol. The average molecular weight is 447 g/mol. The van der Waals surface area contributed by atoms with Crippen LogP contribution in [0.25, 0.3) is 5.69 Å². The van der Waals surface area contributed by atoms with Gasteiger partial charge in [0.2, 0.25) is 11.8 Å². The van der Waals surface area contributed by atoms with Crippen molar-refractivity contribution in [3.05, 3.63) is 47.9 Å². The maximum Gasteiger partial charge on any atom is 0.418 e. The highest BCUT2D eigenvalue weighted by molar-refractivity contribution is 5.91. The number of amides is 2. The number of rotatable bonds is 3. The molecule has 1 saturated heterocycles. The van der Waals surface area contributed by atoms with Gasteiger partial charge < -0.3 is 14.6 Å². The fraction of sp³-hybridized carbons (Fsp3) is 0.450. The first-order valence-corrected chi connectivity index (χ1v) is 10.2. The zero-order valence-electron chi connectivity index (χ0n) is 17.3. The van der Waals surface area contributed by atoms with Crippen LogP contribution in [0.3, 0.4) is 0 Å². The lowest BCUT2D eigenvalue weighted by molar-refractivity contribution is -0.137. The number of carbonyl (C=O) groups is 1. The molecule has 12 heteroatoms. The molecule has 3 aromatic rings. The third-order valence-corrected chi connectivity index (χ3v) is 6.09. The number of benzene rings is 1. The molecule has 0 spiro atoms. The molecule has 3 heterocycles. The number of likely N-dealkylation sites (tertiary alicyclic amines) is 1. The molecule has 1 N–H and O–H groups in total. The van der Waals surface area contributed by atoms with Crippen molar-refractivity contribution in [1.29, 1.82) is 0 Å². The van der Waals surface area contributed by atoms with Crippen molar-refractivity contribution in [1.82, 2.24) is 30.1 Å². The van der Waals surface area contributed by atoms with Crippen molar-refractivity contribution in [2.24, 2.45) is 5.92 Å². The summed E-state index contributed by atoms with van der Waals surface area (Å²) < 4.78 is 46.1. The van der Waals surface area contributed by atoms with E-state index in [1.54, 1.807) is 11.8 Å². The van der Waals surface area contributed by atoms with Crippen molar-refractivity contribution >= 4 is 11.7 Å². The summed E-state index contributed by atoms with van der Waals surface area (Å²) in [5, 5.41) is 18.4. The van der Waals surface area contributed by atoms with E-state index in [0.717, 1.165) is 17.3 Å². The molecule has 2 fully saturated rings. The minimum Gasteiger partial charge on any atom is -0.423 e. The van der Waals surface area contributed by atoms with Crippen LogP contribution in [0.15, 0.2) is 35.0 Å². The van der Waals surface area contributed by atoms with E-state index < -0.39 is 23.3 Å². The van der Waals surface area contributed by atoms with Crippen molar-refractivity contribution in [2.75, 3.05) is 5.32 Å². The largest absolute Gasteiger partial charge is 0.423 e. The minimum atomic E-state index is -4.60. The second-order valence-electron chi connectivity index (χ2n) is 8.41. The fourth-order valence-corrected chi connectivity index (χ4v) is 4.97. The molecule has 1 saturated carbocycles. The molecule has 1 aromatic carbocycles. The Hall–Kier alpha value is -3.44. The summed E-state index contributed by atoms with van der Waals surface area (Å²) in [6.07, 6.45) is 0.178. The van der Waals surface area contributed by atoms with Crippen LogP contribution in [0.4, 0.5) is 23.7 Å². The van der Waals surface area contributed by atoms with Crippen LogP contribution in [0, 0.1) is 12.8 Å². The lowest BCUT2D eigenvalue weighted by atomic mass is 9.64. The quantitative estimate of drug-likeness (QED) is 0.653. The van der Waals surface area contributed by atoms with Crippen LogP contribution in [0.5, 0.6) is 0 Å². The lowest BCUT2D eigenvalue weighted by Crippen LogP contribution is -2.70. The third kappa shape index (κ3) is 3.21. The maximum absolute atomic E-state index is 13.5. The first-order valence-electron chi connectivity index (χ1n) is 10.2. The van der Waals surface area contributed by atoms with E-state index >= 15 is 0 Å². The van der Waals surface area contributed by atoms with E-state index in [0.29, 0.717) is 30.5 Å². The van der Waals surface area contributed by atoms with E-state index in [9.17, 15) is 18.0 Å². The standard InChI is InChI=1S/C20H20F3N7O2/c1-11-7-14-10-19(9-11,17-28-27-12(2)32-17)29(14)18(31)26-13-3-4-15(20(21,22)23)16(8-13)30-24-5-6-25-30/h3-6,8,11,14H,7,9-10H2,1-2H3,(H,26,31)/t11-,14+,19-/m1/s1. The average Bonchev–Trinajstić information content (AvgIpc) is 3.38. The van der Waals surface area contributed by atoms with Gasteiger partial charge in [0.15, 0.2) is 0 Å². The predicted molar refractivity (Wildman–Crippen MR) is 105 cm³/mol. The van der Waals surface area contributed by atoms with Gasteiger partial charge in [0.1, 0.15) is 5.54 Å². The number of urea groups is 1. The Morgan fingerprint density at radius 2 is 1.97 bits per heavy atom. The molecule has 5 rings (SSSR count). The predicted octanol–water partition coefficient (Wildman–Crippen LogP) is 3.91. The number of aromatic nitrogens is 5. The van der Waals surface area contributed by atoms with Gasteiger partial charge in [-0.2, -0.15) is 28.2 Å². The Labute approximate surface area is 180 Å². The Bertz CT molecular complexity index is 1160. The summed E-state index contributed by atoms with van der Waals surface area (Å²) in [6, 6.07) is 2.90. The van der Waals surface area contributed by atoms with E-state index in [-0.39, 0.29) is 17.4 Å². The molecule has 32 heavy (non-hydrogen) atoms. The molecule has 3 atom stereocenters. The van der Waals surface area contributed by atoms with Gasteiger partial charge in [0, 0.05) is 25.1 Å². The number of aryl methyl sites for hydroxylation is 1. The van der Waals surface area contributed by atoms with Crippen LogP contribution >= 0.6 is 0 Å². The van der Waals surface area contributed by atoms with E-state index in [2.05, 4.69) is 32.6 Å². The SMILES string of the molecule is Cc1nnc([C@@]23C[C@H](C)C[C@@H](C2)N3C(=O)Nc2ccc(C(F)(F)F)c(-n3nccn3)c2)o1. The van der Waals surface area contributed by atoms with Gasteiger partial charge in [0.25, 0.3) is 0 Å². The summed E-state index contributed by atoms with van der Waals surface area (Å²) in [5.41, 5.74) is -1.68. The van der Waals surface area contributed by atoms with Crippen molar-refractivity contribution in [2.45, 2.75) is 50.9 Å². The maximum atomic E-state index is 13.5. The highest BCUT2D eigenvalue weighted by Gasteiger charge is 2.62. The van der Waals surface area contributed by atoms with Crippen molar-refractivity contribution in [3.63, 3.8) is 0 Å². The number of carbonyl (C=O) groups excluding carboxylic acids is 1. The van der Waals surface area contributed by atoms with Gasteiger partial charge in [0.05, 0.1) is 23.6 Å². The number of nitrogens with one attached hydrogen (secondary N) is 1. The van der Waals surface area contributed by atoms with Crippen LogP contribution in [0.1, 0.15) is 43.5 Å². The van der Waals surface area contributed by atoms with Gasteiger partial charge in [-0.1, -0.05) is 6.92 Å². The molecule has 0 radical (unpaired) electrons. The van der Waals surface area contributed by atoms with E-state index in [4.69, 9.17) is 4.42 Å². The van der Waals surface area contributed by atoms with Crippen LogP contribution < -0.4 is 5.32 Å². The van der Waals surface area contributed by atoms with E-state index in [1.807, 2.05) is 0 Å². The number of halogens is 3. The fourth-order valence-electron chi connectivity index (χ4n) is 4.97. The van der Waals surface area contributed by atoms with Gasteiger partial charge >= 0.3 is 12.2 Å². The first-order chi connectivity index (χ1) is 15.2. The molecular formula is C20H20F3N7O2. The highest BCUT2D eigenvalue weighted by atomic mass is 19.4. The molecule has 0 unspecified atom stereocenters. The van der Waals surface area contributed by atoms with E-state index in [1.165, 1.54) is 24.5 Å². The monoisotopic (exact) mass is 447 g/mol. The zero-order chi connectivity index (χ0) is 22.7. The lowest BCUT2D eigenvalue weighted by Gasteiger charge is -2.61. The van der Waals surface area contributed by atoms with Gasteiger partial charge in [-0.3, -0.25) is 0 Å². The molecule has 2 aliphatic rings. The van der Waals surface area contributed by atoms with Gasteiger partial charge in [-0.25, -0.2) is 4.79 Å². The zero-order valence-corrected chi connectivity index (χ0v) is 17.3. The molecule has 1 aliphatic heterocycles. The first kappa shape index (κ1) is 20.5. The third-order valence-electron chi connectivity index (χ3n) is 6.09. The second kappa shape index (κ2) is 7.04. The van der Waals surface area contributed by atoms with Gasteiger partial charge in [-0.15, -0.1) is 10.2 Å². The summed E-state index contributed by atoms with van der Waals surface area (Å²) in [7, 11) is 0. The molecule has 2 amide bonds. The molecule has 168 valence electrons. The summed E-state index contributed by atoms with van der Waals surface area (Å²) in [6.45, 7) is 3.80. The molecule has 1 aliphatic carbocycles. The molecule has 2 bridgehead atoms. The Morgan fingerprint density at radius 3 is 2.62 bits per heavy atom. The Kier molecular flexibility index (Phi) is 4.50. The Morgan fingerprint density at radius 1 is 1.22 bits per heavy atom. The topological polar surface area (TPSA) is 102 Å². The summed E-state index contributed by atoms with van der Waals surface area (Å²) in [4.78, 5) is 15.8. The summed E-state index contributed by atoms with van der Waals surface area (Å²) >= 11 is 0. The highest BCUT2D eigenvalue weighted by Crippen LogP contribution is 2.55. The number of alkyl halides is 3. The van der Waals surface area contributed by atoms with Crippen molar-refractivity contribution in [3.8, 4) is 5.69 Å².